The summed E-state index contributed by atoms with van der Waals surface area (Å²) >= 11 is 0. The molecule has 2 rings (SSSR count). The van der Waals surface area contributed by atoms with Gasteiger partial charge in [-0.2, -0.15) is 0 Å². The van der Waals surface area contributed by atoms with Crippen LogP contribution in [-0.2, 0) is 10.0 Å². The second-order valence-corrected chi connectivity index (χ2v) is 9.67. The fourth-order valence-electron chi connectivity index (χ4n) is 3.16. The highest BCUT2D eigenvalue weighted by Gasteiger charge is 2.19. The quantitative estimate of drug-likeness (QED) is 0.705. The van der Waals surface area contributed by atoms with E-state index in [0.717, 1.165) is 29.6 Å². The number of methoxy groups -OCH3 is 1. The predicted octanol–water partition coefficient (Wildman–Crippen LogP) is 3.92. The Morgan fingerprint density at radius 1 is 1.14 bits per heavy atom. The highest BCUT2D eigenvalue weighted by atomic mass is 32.2. The largest absolute Gasteiger partial charge is 0.497 e. The molecule has 0 radical (unpaired) electrons. The van der Waals surface area contributed by atoms with Crippen molar-refractivity contribution in [3.63, 3.8) is 0 Å². The molecule has 0 bridgehead atoms. The van der Waals surface area contributed by atoms with Crippen LogP contribution >= 0.6 is 0 Å². The number of nitrogens with zero attached hydrogens (tertiary/aromatic N) is 1. The number of carbonyl (C=O) groups excluding carboxylic acids is 1. The summed E-state index contributed by atoms with van der Waals surface area (Å²) in [6.45, 7) is 6.02. The number of hydrogen-bond donors (Lipinski definition) is 1. The van der Waals surface area contributed by atoms with Crippen LogP contribution in [0.5, 0.6) is 5.75 Å². The van der Waals surface area contributed by atoms with Gasteiger partial charge in [-0.15, -0.1) is 0 Å². The number of carbonyl (C=O) groups is 1. The van der Waals surface area contributed by atoms with Gasteiger partial charge in [0.15, 0.2) is 0 Å². The lowest BCUT2D eigenvalue weighted by Crippen LogP contribution is -2.30. The standard InChI is InChI=1S/C22H30N2O4S/c1-15(2)13-20(17-7-10-19(28-5)11-8-17)23-22(25)18-9-12-21(16(3)14-18)24(4)29(6,26)27/h7-12,14-15,20H,13H2,1-6H3,(H,23,25)/t20-/m1/s1. The first-order chi connectivity index (χ1) is 13.5. The van der Waals surface area contributed by atoms with E-state index in [1.807, 2.05) is 24.3 Å². The summed E-state index contributed by atoms with van der Waals surface area (Å²) in [5.41, 5.74) is 2.78. The summed E-state index contributed by atoms with van der Waals surface area (Å²) in [5, 5.41) is 3.11. The average Bonchev–Trinajstić information content (AvgIpc) is 2.65. The molecule has 0 aromatic heterocycles. The summed E-state index contributed by atoms with van der Waals surface area (Å²) in [5.74, 6) is 0.975. The lowest BCUT2D eigenvalue weighted by atomic mass is 9.96. The van der Waals surface area contributed by atoms with Gasteiger partial charge in [0.25, 0.3) is 5.91 Å². The second kappa shape index (κ2) is 9.31. The molecule has 6 nitrogen and oxygen atoms in total. The maximum absolute atomic E-state index is 12.9. The fourth-order valence-corrected chi connectivity index (χ4v) is 3.72. The van der Waals surface area contributed by atoms with Crippen LogP contribution < -0.4 is 14.4 Å². The number of nitrogens with one attached hydrogen (secondary N) is 1. The average molecular weight is 419 g/mol. The predicted molar refractivity (Wildman–Crippen MR) is 117 cm³/mol. The van der Waals surface area contributed by atoms with Gasteiger partial charge >= 0.3 is 0 Å². The van der Waals surface area contributed by atoms with Crippen molar-refractivity contribution >= 4 is 21.6 Å². The van der Waals surface area contributed by atoms with Crippen molar-refractivity contribution in [2.24, 2.45) is 5.92 Å². The van der Waals surface area contributed by atoms with Gasteiger partial charge in [0.2, 0.25) is 10.0 Å². The Kier molecular flexibility index (Phi) is 7.30. The van der Waals surface area contributed by atoms with Crippen LogP contribution in [0.2, 0.25) is 0 Å². The number of rotatable bonds is 8. The molecule has 0 unspecified atom stereocenters. The van der Waals surface area contributed by atoms with E-state index < -0.39 is 10.0 Å². The Labute approximate surface area is 173 Å². The first kappa shape index (κ1) is 22.7. The normalized spacial score (nSPS) is 12.5. The zero-order valence-electron chi connectivity index (χ0n) is 17.9. The molecule has 0 saturated carbocycles. The van der Waals surface area contributed by atoms with Gasteiger partial charge in [-0.25, -0.2) is 8.42 Å². The van der Waals surface area contributed by atoms with Gasteiger partial charge in [-0.3, -0.25) is 9.10 Å². The Bertz CT molecular complexity index is 953. The van der Waals surface area contributed by atoms with Gasteiger partial charge in [-0.05, 0) is 60.7 Å². The highest BCUT2D eigenvalue weighted by molar-refractivity contribution is 7.92. The molecule has 1 N–H and O–H groups in total. The molecule has 2 aromatic carbocycles. The number of anilines is 1. The van der Waals surface area contributed by atoms with Gasteiger partial charge in [0.05, 0.1) is 25.1 Å². The number of ether oxygens (including phenoxy) is 1. The summed E-state index contributed by atoms with van der Waals surface area (Å²) < 4.78 is 30.0. The van der Waals surface area contributed by atoms with E-state index in [2.05, 4.69) is 19.2 Å². The molecule has 29 heavy (non-hydrogen) atoms. The topological polar surface area (TPSA) is 75.7 Å². The first-order valence-electron chi connectivity index (χ1n) is 9.52. The third kappa shape index (κ3) is 5.97. The minimum atomic E-state index is -3.36. The van der Waals surface area contributed by atoms with Crippen molar-refractivity contribution in [3.05, 3.63) is 59.2 Å². The number of sulfonamides is 1. The Morgan fingerprint density at radius 3 is 2.24 bits per heavy atom. The first-order valence-corrected chi connectivity index (χ1v) is 11.4. The molecule has 0 spiro atoms. The number of benzene rings is 2. The fraction of sp³-hybridized carbons (Fsp3) is 0.409. The Balaban J connectivity index is 2.25. The van der Waals surface area contributed by atoms with Crippen LogP contribution in [0.3, 0.4) is 0 Å². The summed E-state index contributed by atoms with van der Waals surface area (Å²) in [7, 11) is -0.243. The molecule has 0 aliphatic heterocycles. The van der Waals surface area contributed by atoms with Crippen LogP contribution in [0.25, 0.3) is 0 Å². The molecule has 7 heteroatoms. The van der Waals surface area contributed by atoms with Crippen molar-refractivity contribution in [2.75, 3.05) is 24.7 Å². The second-order valence-electron chi connectivity index (χ2n) is 7.66. The van der Waals surface area contributed by atoms with Crippen molar-refractivity contribution in [1.82, 2.24) is 5.32 Å². The molecular weight excluding hydrogens is 388 g/mol. The summed E-state index contributed by atoms with van der Waals surface area (Å²) in [6, 6.07) is 12.6. The molecule has 158 valence electrons. The highest BCUT2D eigenvalue weighted by Crippen LogP contribution is 2.26. The van der Waals surface area contributed by atoms with E-state index in [4.69, 9.17) is 4.74 Å². The molecule has 0 aliphatic carbocycles. The lowest BCUT2D eigenvalue weighted by Gasteiger charge is -2.22. The minimum Gasteiger partial charge on any atom is -0.497 e. The monoisotopic (exact) mass is 418 g/mol. The van der Waals surface area contributed by atoms with Gasteiger partial charge in [0, 0.05) is 12.6 Å². The van der Waals surface area contributed by atoms with E-state index in [-0.39, 0.29) is 11.9 Å². The smallest absolute Gasteiger partial charge is 0.251 e. The molecule has 0 aliphatic rings. The maximum atomic E-state index is 12.9. The van der Waals surface area contributed by atoms with E-state index in [1.54, 1.807) is 32.2 Å². The van der Waals surface area contributed by atoms with Gasteiger partial charge < -0.3 is 10.1 Å². The third-order valence-electron chi connectivity index (χ3n) is 4.83. The summed E-state index contributed by atoms with van der Waals surface area (Å²) in [6.07, 6.45) is 1.95. The SMILES string of the molecule is COc1ccc([C@@H](CC(C)C)NC(=O)c2ccc(N(C)S(C)(=O)=O)c(C)c2)cc1. The van der Waals surface area contributed by atoms with E-state index in [1.165, 1.54) is 11.4 Å². The molecular formula is C22H30N2O4S. The number of aryl methyl sites for hydroxylation is 1. The van der Waals surface area contributed by atoms with E-state index >= 15 is 0 Å². The molecule has 1 amide bonds. The van der Waals surface area contributed by atoms with Crippen molar-refractivity contribution in [2.45, 2.75) is 33.2 Å². The Hall–Kier alpha value is -2.54. The number of hydrogen-bond acceptors (Lipinski definition) is 4. The van der Waals surface area contributed by atoms with Gasteiger partial charge in [-0.1, -0.05) is 26.0 Å². The zero-order chi connectivity index (χ0) is 21.8. The van der Waals surface area contributed by atoms with Gasteiger partial charge in [0.1, 0.15) is 5.75 Å². The molecule has 2 aromatic rings. The van der Waals surface area contributed by atoms with Crippen LogP contribution in [0, 0.1) is 12.8 Å². The zero-order valence-corrected chi connectivity index (χ0v) is 18.7. The number of amides is 1. The van der Waals surface area contributed by atoms with Crippen molar-refractivity contribution in [3.8, 4) is 5.75 Å². The molecule has 0 heterocycles. The Morgan fingerprint density at radius 2 is 1.76 bits per heavy atom. The van der Waals surface area contributed by atoms with Crippen LogP contribution in [0.4, 0.5) is 5.69 Å². The van der Waals surface area contributed by atoms with E-state index in [9.17, 15) is 13.2 Å². The lowest BCUT2D eigenvalue weighted by molar-refractivity contribution is 0.0932. The van der Waals surface area contributed by atoms with Crippen LogP contribution in [-0.4, -0.2) is 34.7 Å². The molecule has 1 atom stereocenters. The van der Waals surface area contributed by atoms with Crippen LogP contribution in [0.15, 0.2) is 42.5 Å². The molecule has 0 saturated heterocycles. The van der Waals surface area contributed by atoms with Crippen molar-refractivity contribution < 1.29 is 17.9 Å². The van der Waals surface area contributed by atoms with Crippen molar-refractivity contribution in [1.29, 1.82) is 0 Å². The maximum Gasteiger partial charge on any atom is 0.251 e. The molecule has 0 fully saturated rings. The third-order valence-corrected chi connectivity index (χ3v) is 6.02. The van der Waals surface area contributed by atoms with Crippen LogP contribution in [0.1, 0.15) is 47.8 Å². The summed E-state index contributed by atoms with van der Waals surface area (Å²) in [4.78, 5) is 12.9. The van der Waals surface area contributed by atoms with E-state index in [0.29, 0.717) is 17.2 Å². The minimum absolute atomic E-state index is 0.132.